The summed E-state index contributed by atoms with van der Waals surface area (Å²) >= 11 is 0. The van der Waals surface area contributed by atoms with Crippen molar-refractivity contribution in [2.24, 2.45) is 0 Å². The summed E-state index contributed by atoms with van der Waals surface area (Å²) in [5.41, 5.74) is 0. The molecule has 88 valence electrons. The van der Waals surface area contributed by atoms with E-state index in [1.54, 1.807) is 0 Å². The Morgan fingerprint density at radius 1 is 1.13 bits per heavy atom. The van der Waals surface area contributed by atoms with Gasteiger partial charge in [-0.15, -0.1) is 0 Å². The first-order valence-electron chi connectivity index (χ1n) is 6.48. The van der Waals surface area contributed by atoms with Gasteiger partial charge in [0, 0.05) is 19.3 Å². The number of nitrogens with zero attached hydrogens (tertiary/aromatic N) is 1. The van der Waals surface area contributed by atoms with E-state index in [0.717, 1.165) is 19.3 Å². The summed E-state index contributed by atoms with van der Waals surface area (Å²) in [7, 11) is 0. The molecular formula is C12H24N2O. The Morgan fingerprint density at radius 3 is 2.60 bits per heavy atom. The molecule has 0 radical (unpaired) electrons. The van der Waals surface area contributed by atoms with Crippen LogP contribution >= 0.6 is 0 Å². The molecule has 2 rings (SSSR count). The number of likely N-dealkylation sites (tertiary alicyclic amines) is 1. The topological polar surface area (TPSA) is 24.5 Å². The summed E-state index contributed by atoms with van der Waals surface area (Å²) in [6.07, 6.45) is 6.52. The van der Waals surface area contributed by atoms with E-state index in [1.165, 1.54) is 58.3 Å². The number of ether oxygens (including phenoxy) is 1. The highest BCUT2D eigenvalue weighted by Gasteiger charge is 2.13. The minimum atomic E-state index is 0.720. The van der Waals surface area contributed by atoms with Crippen molar-refractivity contribution < 1.29 is 4.74 Å². The van der Waals surface area contributed by atoms with Gasteiger partial charge in [-0.05, 0) is 58.3 Å². The van der Waals surface area contributed by atoms with E-state index in [4.69, 9.17) is 4.74 Å². The van der Waals surface area contributed by atoms with Crippen LogP contribution in [0.1, 0.15) is 32.1 Å². The Balaban J connectivity index is 1.47. The third-order valence-corrected chi connectivity index (χ3v) is 3.50. The van der Waals surface area contributed by atoms with Crippen molar-refractivity contribution in [3.05, 3.63) is 0 Å². The highest BCUT2D eigenvalue weighted by molar-refractivity contribution is 4.71. The minimum absolute atomic E-state index is 0.720. The Bertz CT molecular complexity index is 163. The molecule has 0 saturated carbocycles. The van der Waals surface area contributed by atoms with Crippen LogP contribution in [0.4, 0.5) is 0 Å². The van der Waals surface area contributed by atoms with Gasteiger partial charge in [-0.2, -0.15) is 0 Å². The fourth-order valence-corrected chi connectivity index (χ4v) is 2.52. The van der Waals surface area contributed by atoms with Gasteiger partial charge in [0.15, 0.2) is 0 Å². The third-order valence-electron chi connectivity index (χ3n) is 3.50. The van der Waals surface area contributed by atoms with Crippen LogP contribution in [0.2, 0.25) is 0 Å². The van der Waals surface area contributed by atoms with E-state index < -0.39 is 0 Å². The fraction of sp³-hybridized carbons (Fsp3) is 1.00. The summed E-state index contributed by atoms with van der Waals surface area (Å²) in [5.74, 6) is 0. The summed E-state index contributed by atoms with van der Waals surface area (Å²) in [5, 5.41) is 3.64. The number of rotatable bonds is 5. The lowest BCUT2D eigenvalue weighted by molar-refractivity contribution is 0.0778. The van der Waals surface area contributed by atoms with Gasteiger partial charge in [0.2, 0.25) is 0 Å². The molecule has 0 bridgehead atoms. The SMILES string of the molecule is C1CCN(CCCNC2CCOCC2)C1. The van der Waals surface area contributed by atoms with Gasteiger partial charge in [0.05, 0.1) is 0 Å². The van der Waals surface area contributed by atoms with E-state index in [2.05, 4.69) is 10.2 Å². The minimum Gasteiger partial charge on any atom is -0.381 e. The highest BCUT2D eigenvalue weighted by Crippen LogP contribution is 2.08. The second-order valence-corrected chi connectivity index (χ2v) is 4.74. The first kappa shape index (κ1) is 11.4. The lowest BCUT2D eigenvalue weighted by Gasteiger charge is -2.23. The largest absolute Gasteiger partial charge is 0.381 e. The van der Waals surface area contributed by atoms with E-state index in [0.29, 0.717) is 0 Å². The van der Waals surface area contributed by atoms with Crippen LogP contribution in [0.15, 0.2) is 0 Å². The van der Waals surface area contributed by atoms with Gasteiger partial charge >= 0.3 is 0 Å². The quantitative estimate of drug-likeness (QED) is 0.694. The maximum absolute atomic E-state index is 5.34. The molecule has 0 unspecified atom stereocenters. The summed E-state index contributed by atoms with van der Waals surface area (Å²) in [6.45, 7) is 7.03. The van der Waals surface area contributed by atoms with Crippen molar-refractivity contribution in [1.29, 1.82) is 0 Å². The van der Waals surface area contributed by atoms with Gasteiger partial charge < -0.3 is 15.0 Å². The smallest absolute Gasteiger partial charge is 0.0480 e. The zero-order valence-electron chi connectivity index (χ0n) is 9.71. The van der Waals surface area contributed by atoms with Crippen molar-refractivity contribution >= 4 is 0 Å². The molecule has 0 aromatic heterocycles. The molecule has 15 heavy (non-hydrogen) atoms. The summed E-state index contributed by atoms with van der Waals surface area (Å²) in [4.78, 5) is 2.59. The average Bonchev–Trinajstić information content (AvgIpc) is 2.79. The molecule has 0 aromatic rings. The summed E-state index contributed by atoms with van der Waals surface area (Å²) < 4.78 is 5.34. The second kappa shape index (κ2) is 6.46. The van der Waals surface area contributed by atoms with Crippen LogP contribution in [0, 0.1) is 0 Å². The van der Waals surface area contributed by atoms with Crippen LogP contribution in [0.25, 0.3) is 0 Å². The molecule has 0 aromatic carbocycles. The molecule has 1 N–H and O–H groups in total. The Labute approximate surface area is 93.2 Å². The van der Waals surface area contributed by atoms with Crippen LogP contribution in [0.3, 0.4) is 0 Å². The number of hydrogen-bond donors (Lipinski definition) is 1. The lowest BCUT2D eigenvalue weighted by atomic mass is 10.1. The highest BCUT2D eigenvalue weighted by atomic mass is 16.5. The Morgan fingerprint density at radius 2 is 1.87 bits per heavy atom. The molecule has 3 heteroatoms. The molecule has 2 aliphatic rings. The van der Waals surface area contributed by atoms with Gasteiger partial charge in [0.1, 0.15) is 0 Å². The van der Waals surface area contributed by atoms with Crippen molar-refractivity contribution in [3.63, 3.8) is 0 Å². The van der Waals surface area contributed by atoms with Gasteiger partial charge in [-0.3, -0.25) is 0 Å². The van der Waals surface area contributed by atoms with Crippen molar-refractivity contribution in [2.75, 3.05) is 39.4 Å². The molecule has 2 saturated heterocycles. The molecule has 0 aliphatic carbocycles. The van der Waals surface area contributed by atoms with Crippen LogP contribution in [0.5, 0.6) is 0 Å². The zero-order chi connectivity index (χ0) is 10.3. The van der Waals surface area contributed by atoms with Gasteiger partial charge in [-0.25, -0.2) is 0 Å². The van der Waals surface area contributed by atoms with E-state index in [9.17, 15) is 0 Å². The first-order valence-corrected chi connectivity index (χ1v) is 6.48. The van der Waals surface area contributed by atoms with Gasteiger partial charge in [-0.1, -0.05) is 0 Å². The Hall–Kier alpha value is -0.120. The molecule has 2 aliphatic heterocycles. The van der Waals surface area contributed by atoms with E-state index in [-0.39, 0.29) is 0 Å². The lowest BCUT2D eigenvalue weighted by Crippen LogP contribution is -2.36. The van der Waals surface area contributed by atoms with E-state index >= 15 is 0 Å². The molecule has 2 fully saturated rings. The predicted molar refractivity (Wildman–Crippen MR) is 62.1 cm³/mol. The predicted octanol–water partition coefficient (Wildman–Crippen LogP) is 1.24. The van der Waals surface area contributed by atoms with Crippen LogP contribution in [-0.4, -0.2) is 50.3 Å². The third kappa shape index (κ3) is 4.09. The van der Waals surface area contributed by atoms with Crippen LogP contribution in [-0.2, 0) is 4.74 Å². The monoisotopic (exact) mass is 212 g/mol. The molecule has 2 heterocycles. The summed E-state index contributed by atoms with van der Waals surface area (Å²) in [6, 6.07) is 0.720. The maximum atomic E-state index is 5.34. The normalized spacial score (nSPS) is 24.8. The standard InChI is InChI=1S/C12H24N2O/c1-2-8-14(7-1)9-3-6-13-12-4-10-15-11-5-12/h12-13H,1-11H2. The van der Waals surface area contributed by atoms with Crippen molar-refractivity contribution in [3.8, 4) is 0 Å². The number of nitrogens with one attached hydrogen (secondary N) is 1. The first-order chi connectivity index (χ1) is 7.45. The van der Waals surface area contributed by atoms with Crippen molar-refractivity contribution in [1.82, 2.24) is 10.2 Å². The fourth-order valence-electron chi connectivity index (χ4n) is 2.52. The molecule has 3 nitrogen and oxygen atoms in total. The van der Waals surface area contributed by atoms with Crippen LogP contribution < -0.4 is 5.32 Å². The molecule has 0 atom stereocenters. The van der Waals surface area contributed by atoms with Gasteiger partial charge in [0.25, 0.3) is 0 Å². The Kier molecular flexibility index (Phi) is 4.90. The maximum Gasteiger partial charge on any atom is 0.0480 e. The molecule has 0 spiro atoms. The molecular weight excluding hydrogens is 188 g/mol. The van der Waals surface area contributed by atoms with Crippen molar-refractivity contribution in [2.45, 2.75) is 38.1 Å². The number of hydrogen-bond acceptors (Lipinski definition) is 3. The molecule has 0 amide bonds. The second-order valence-electron chi connectivity index (χ2n) is 4.74. The zero-order valence-corrected chi connectivity index (χ0v) is 9.71. The average molecular weight is 212 g/mol. The van der Waals surface area contributed by atoms with E-state index in [1.807, 2.05) is 0 Å².